The molecule has 2 aliphatic rings. The molecular weight excluding hydrogens is 536 g/mol. The van der Waals surface area contributed by atoms with Crippen molar-refractivity contribution < 1.29 is 54.7 Å². The van der Waals surface area contributed by atoms with Crippen molar-refractivity contribution in [2.45, 2.75) is 87.4 Å². The number of nitrogens with zero attached hydrogens (tertiary/aromatic N) is 3. The van der Waals surface area contributed by atoms with Gasteiger partial charge in [-0.05, 0) is 52.4 Å². The van der Waals surface area contributed by atoms with Crippen molar-refractivity contribution >= 4 is 0 Å². The number of methoxy groups -OCH3 is 1. The summed E-state index contributed by atoms with van der Waals surface area (Å²) < 4.78 is 22.5. The summed E-state index contributed by atoms with van der Waals surface area (Å²) in [6, 6.07) is 0. The Hall–Kier alpha value is -1.48. The van der Waals surface area contributed by atoms with E-state index in [1.807, 2.05) is 0 Å². The molecule has 0 radical (unpaired) electrons. The molecule has 0 aromatic heterocycles. The van der Waals surface area contributed by atoms with E-state index in [-0.39, 0.29) is 11.5 Å². The van der Waals surface area contributed by atoms with Crippen LogP contribution in [0.4, 0.5) is 0 Å². The lowest BCUT2D eigenvalue weighted by atomic mass is 9.95. The van der Waals surface area contributed by atoms with E-state index in [0.29, 0.717) is 52.1 Å². The Balaban J connectivity index is 1.76. The van der Waals surface area contributed by atoms with E-state index in [9.17, 15) is 30.7 Å². The van der Waals surface area contributed by atoms with Crippen molar-refractivity contribution in [2.75, 3.05) is 59.5 Å². The monoisotopic (exact) mass is 584 g/mol. The Kier molecular flexibility index (Phi) is 15.7. The molecule has 40 heavy (non-hydrogen) atoms. The highest BCUT2D eigenvalue weighted by molar-refractivity contribution is 4.95. The van der Waals surface area contributed by atoms with Gasteiger partial charge in [-0.2, -0.15) is 0 Å². The predicted molar refractivity (Wildman–Crippen MR) is 138 cm³/mol. The first-order valence-electron chi connectivity index (χ1n) is 13.7. The maximum atomic E-state index is 11.5. The molecule has 2 saturated heterocycles. The summed E-state index contributed by atoms with van der Waals surface area (Å²) in [6.45, 7) is 4.50. The number of rotatable bonds is 18. The van der Waals surface area contributed by atoms with Crippen LogP contribution in [0.15, 0.2) is 5.28 Å². The number of ether oxygens (including phenoxy) is 4. The number of aliphatic hydroxyl groups is 5. The molecular formula is C23H48N6O11. The molecule has 2 heterocycles. The maximum absolute atomic E-state index is 11.5. The van der Waals surface area contributed by atoms with Crippen LogP contribution < -0.4 is 16.4 Å². The van der Waals surface area contributed by atoms with Crippen molar-refractivity contribution in [3.05, 3.63) is 5.21 Å². The zero-order valence-electron chi connectivity index (χ0n) is 23.2. The van der Waals surface area contributed by atoms with Crippen LogP contribution in [0, 0.1) is 5.21 Å². The van der Waals surface area contributed by atoms with Gasteiger partial charge in [0.15, 0.2) is 6.29 Å². The average Bonchev–Trinajstić information content (AvgIpc) is 2.95. The fraction of sp³-hybridized carbons (Fsp3) is 1.00. The van der Waals surface area contributed by atoms with Gasteiger partial charge in [0.25, 0.3) is 0 Å². The maximum Gasteiger partial charge on any atom is 0.230 e. The minimum atomic E-state index is -1.51. The second-order valence-corrected chi connectivity index (χ2v) is 9.97. The van der Waals surface area contributed by atoms with E-state index in [0.717, 1.165) is 6.42 Å². The zero-order valence-corrected chi connectivity index (χ0v) is 23.2. The van der Waals surface area contributed by atoms with Crippen molar-refractivity contribution in [1.29, 1.82) is 0 Å². The quantitative estimate of drug-likeness (QED) is 0.0324. The minimum Gasteiger partial charge on any atom is -0.569 e. The predicted octanol–water partition coefficient (Wildman–Crippen LogP) is -3.79. The highest BCUT2D eigenvalue weighted by atomic mass is 16.7. The highest BCUT2D eigenvalue weighted by Crippen LogP contribution is 2.29. The van der Waals surface area contributed by atoms with Gasteiger partial charge in [0.1, 0.15) is 48.8 Å². The Labute approximate surface area is 234 Å². The van der Waals surface area contributed by atoms with E-state index < -0.39 is 67.8 Å². The minimum absolute atomic E-state index is 0.158. The third-order valence-electron chi connectivity index (χ3n) is 7.07. The van der Waals surface area contributed by atoms with Gasteiger partial charge in [0, 0.05) is 13.7 Å². The summed E-state index contributed by atoms with van der Waals surface area (Å²) in [7, 11) is 1.39. The Morgan fingerprint density at radius 2 is 1.57 bits per heavy atom. The number of aliphatic hydroxyl groups excluding tert-OH is 5. The van der Waals surface area contributed by atoms with E-state index in [1.165, 1.54) is 12.1 Å². The number of hydrogen-bond acceptors (Lipinski definition) is 14. The van der Waals surface area contributed by atoms with Crippen LogP contribution in [0.2, 0.25) is 0 Å². The van der Waals surface area contributed by atoms with Crippen molar-refractivity contribution in [1.82, 2.24) is 15.6 Å². The normalized spacial score (nSPS) is 35.1. The molecule has 17 heteroatoms. The van der Waals surface area contributed by atoms with Gasteiger partial charge in [0.05, 0.1) is 30.8 Å². The summed E-state index contributed by atoms with van der Waals surface area (Å²) in [5, 5.41) is 82.2. The molecule has 0 amide bonds. The molecule has 0 saturated carbocycles. The Bertz CT molecular complexity index is 727. The lowest BCUT2D eigenvalue weighted by Gasteiger charge is -2.46. The molecule has 10 N–H and O–H groups in total. The lowest BCUT2D eigenvalue weighted by molar-refractivity contribution is -0.709. The summed E-state index contributed by atoms with van der Waals surface area (Å²) in [6.07, 6.45) is -9.39. The SMILES string of the molecule is CO[C@H]1[C@H](O)[C@@H](O)[C@@H](OC2[C@@H](CO)O[C@H](C)[C@H](O)[C@H]2O)O[C@@H]1CNCCCNCCCN(CCCN)/[N+]([O-])=N/O. The Morgan fingerprint density at radius 3 is 2.23 bits per heavy atom. The van der Waals surface area contributed by atoms with Gasteiger partial charge < -0.3 is 71.3 Å². The topological polar surface area (TPSA) is 250 Å². The molecule has 0 aliphatic carbocycles. The van der Waals surface area contributed by atoms with Crippen LogP contribution in [0.5, 0.6) is 0 Å². The molecule has 10 atom stereocenters. The molecule has 0 aromatic carbocycles. The molecule has 0 spiro atoms. The van der Waals surface area contributed by atoms with E-state index in [1.54, 1.807) is 6.92 Å². The molecule has 2 rings (SSSR count). The number of hydrogen-bond donors (Lipinski definition) is 9. The second kappa shape index (κ2) is 18.1. The van der Waals surface area contributed by atoms with Gasteiger partial charge in [-0.3, -0.25) is 0 Å². The van der Waals surface area contributed by atoms with E-state index in [2.05, 4.69) is 15.9 Å². The van der Waals surface area contributed by atoms with Crippen LogP contribution in [-0.2, 0) is 18.9 Å². The van der Waals surface area contributed by atoms with Gasteiger partial charge in [-0.15, -0.1) is 5.01 Å². The second-order valence-electron chi connectivity index (χ2n) is 9.97. The summed E-state index contributed by atoms with van der Waals surface area (Å²) in [5.74, 6) is 0. The van der Waals surface area contributed by atoms with Crippen LogP contribution >= 0.6 is 0 Å². The van der Waals surface area contributed by atoms with Crippen LogP contribution in [-0.4, -0.2) is 161 Å². The molecule has 0 bridgehead atoms. The van der Waals surface area contributed by atoms with Gasteiger partial charge >= 0.3 is 0 Å². The summed E-state index contributed by atoms with van der Waals surface area (Å²) in [5.41, 5.74) is 5.46. The molecule has 236 valence electrons. The lowest BCUT2D eigenvalue weighted by Crippen LogP contribution is -2.64. The fourth-order valence-electron chi connectivity index (χ4n) is 4.78. The molecule has 2 aliphatic heterocycles. The molecule has 0 aromatic rings. The number of nitrogens with two attached hydrogens (primary N) is 1. The van der Waals surface area contributed by atoms with Gasteiger partial charge in [-0.25, -0.2) is 0 Å². The average molecular weight is 585 g/mol. The van der Waals surface area contributed by atoms with Crippen molar-refractivity contribution in [3.63, 3.8) is 0 Å². The number of nitrogens with one attached hydrogen (secondary N) is 2. The van der Waals surface area contributed by atoms with Gasteiger partial charge in [-0.1, -0.05) is 0 Å². The van der Waals surface area contributed by atoms with Crippen molar-refractivity contribution in [3.8, 4) is 0 Å². The first-order chi connectivity index (χ1) is 19.2. The Morgan fingerprint density at radius 1 is 0.925 bits per heavy atom. The van der Waals surface area contributed by atoms with Gasteiger partial charge in [0.2, 0.25) is 5.28 Å². The van der Waals surface area contributed by atoms with E-state index >= 15 is 0 Å². The molecule has 17 nitrogen and oxygen atoms in total. The fourth-order valence-corrected chi connectivity index (χ4v) is 4.78. The van der Waals surface area contributed by atoms with Crippen LogP contribution in [0.25, 0.3) is 0 Å². The standard InChI is InChI=1S/C23H48N6O11/c1-14-17(31)18(32)22(16(13-30)38-14)40-23-20(34)19(33)21(37-2)15(39-23)12-26-8-4-7-25-9-5-11-28(10-3-6-24)29(36)27-35/h14-23,25-26,30-35H,3-13,24H2,1-2H3/b29-27-/t14-,15-,16-,17+,18-,19-,20-,21-,22?,23-/m1/s1. The zero-order chi connectivity index (χ0) is 29.7. The third kappa shape index (κ3) is 9.81. The third-order valence-corrected chi connectivity index (χ3v) is 7.07. The first kappa shape index (κ1) is 34.7. The van der Waals surface area contributed by atoms with Crippen molar-refractivity contribution in [2.24, 2.45) is 11.0 Å². The first-order valence-corrected chi connectivity index (χ1v) is 13.7. The summed E-state index contributed by atoms with van der Waals surface area (Å²) in [4.78, 5) is 0.158. The largest absolute Gasteiger partial charge is 0.569 e. The van der Waals surface area contributed by atoms with E-state index in [4.69, 9.17) is 29.9 Å². The van der Waals surface area contributed by atoms with Crippen LogP contribution in [0.1, 0.15) is 26.2 Å². The molecule has 2 fully saturated rings. The summed E-state index contributed by atoms with van der Waals surface area (Å²) >= 11 is 0. The highest BCUT2D eigenvalue weighted by Gasteiger charge is 2.50. The number of hydrazine groups is 1. The smallest absolute Gasteiger partial charge is 0.230 e. The molecule has 1 unspecified atom stereocenters. The van der Waals surface area contributed by atoms with Crippen LogP contribution in [0.3, 0.4) is 0 Å².